The van der Waals surface area contributed by atoms with Crippen molar-refractivity contribution in [2.75, 3.05) is 6.54 Å². The van der Waals surface area contributed by atoms with Crippen molar-refractivity contribution in [1.29, 1.82) is 0 Å². The lowest BCUT2D eigenvalue weighted by atomic mass is 10.3. The summed E-state index contributed by atoms with van der Waals surface area (Å²) in [4.78, 5) is 11.3. The van der Waals surface area contributed by atoms with E-state index in [1.54, 1.807) is 11.6 Å². The van der Waals surface area contributed by atoms with Crippen LogP contribution in [0.5, 0.6) is 0 Å². The second-order valence-corrected chi connectivity index (χ2v) is 5.60. The SMILES string of the molecule is CC(C)NCc1cn(CCCNC(=O)C(C)S)nn1. The van der Waals surface area contributed by atoms with Gasteiger partial charge in [-0.15, -0.1) is 5.10 Å². The molecule has 6 nitrogen and oxygen atoms in total. The van der Waals surface area contributed by atoms with Crippen LogP contribution < -0.4 is 10.6 Å². The van der Waals surface area contributed by atoms with Gasteiger partial charge < -0.3 is 10.6 Å². The zero-order valence-corrected chi connectivity index (χ0v) is 12.7. The molecule has 0 saturated carbocycles. The molecule has 0 aliphatic heterocycles. The van der Waals surface area contributed by atoms with Gasteiger partial charge in [0.15, 0.2) is 0 Å². The van der Waals surface area contributed by atoms with Gasteiger partial charge in [-0.2, -0.15) is 12.6 Å². The van der Waals surface area contributed by atoms with Gasteiger partial charge in [0.1, 0.15) is 0 Å². The first-order valence-corrected chi connectivity index (χ1v) is 7.09. The molecule has 0 aliphatic carbocycles. The summed E-state index contributed by atoms with van der Waals surface area (Å²) in [5, 5.41) is 14.0. The van der Waals surface area contributed by atoms with Crippen LogP contribution in [0.3, 0.4) is 0 Å². The van der Waals surface area contributed by atoms with Crippen LogP contribution in [0.2, 0.25) is 0 Å². The molecule has 1 atom stereocenters. The van der Waals surface area contributed by atoms with Gasteiger partial charge in [0.05, 0.1) is 10.9 Å². The van der Waals surface area contributed by atoms with E-state index in [0.29, 0.717) is 12.6 Å². The lowest BCUT2D eigenvalue weighted by Crippen LogP contribution is -2.30. The van der Waals surface area contributed by atoms with E-state index in [-0.39, 0.29) is 11.2 Å². The molecule has 0 saturated heterocycles. The number of carbonyl (C=O) groups excluding carboxylic acids is 1. The largest absolute Gasteiger partial charge is 0.355 e. The average molecular weight is 285 g/mol. The third-order valence-electron chi connectivity index (χ3n) is 2.52. The van der Waals surface area contributed by atoms with E-state index in [4.69, 9.17) is 0 Å². The average Bonchev–Trinajstić information content (AvgIpc) is 2.79. The van der Waals surface area contributed by atoms with Crippen LogP contribution in [0.1, 0.15) is 32.9 Å². The Hall–Kier alpha value is -1.08. The van der Waals surface area contributed by atoms with Gasteiger partial charge in [-0.1, -0.05) is 19.1 Å². The Balaban J connectivity index is 2.21. The van der Waals surface area contributed by atoms with Gasteiger partial charge >= 0.3 is 0 Å². The highest BCUT2D eigenvalue weighted by molar-refractivity contribution is 7.81. The molecule has 1 aromatic rings. The third-order valence-corrected chi connectivity index (χ3v) is 2.75. The monoisotopic (exact) mass is 285 g/mol. The van der Waals surface area contributed by atoms with Crippen LogP contribution in [0.25, 0.3) is 0 Å². The maximum atomic E-state index is 11.3. The number of nitrogens with zero attached hydrogens (tertiary/aromatic N) is 3. The molecular weight excluding hydrogens is 262 g/mol. The summed E-state index contributed by atoms with van der Waals surface area (Å²) in [6, 6.07) is 0.434. The van der Waals surface area contributed by atoms with Gasteiger partial charge in [-0.25, -0.2) is 0 Å². The van der Waals surface area contributed by atoms with E-state index >= 15 is 0 Å². The molecule has 0 bridgehead atoms. The fourth-order valence-electron chi connectivity index (χ4n) is 1.44. The molecule has 1 heterocycles. The summed E-state index contributed by atoms with van der Waals surface area (Å²) < 4.78 is 1.80. The number of hydrogen-bond donors (Lipinski definition) is 3. The van der Waals surface area contributed by atoms with Crippen molar-refractivity contribution in [3.05, 3.63) is 11.9 Å². The molecule has 108 valence electrons. The fraction of sp³-hybridized carbons (Fsp3) is 0.750. The van der Waals surface area contributed by atoms with Crippen LogP contribution in [-0.4, -0.2) is 38.7 Å². The quantitative estimate of drug-likeness (QED) is 0.483. The predicted molar refractivity (Wildman–Crippen MR) is 78.1 cm³/mol. The maximum absolute atomic E-state index is 11.3. The van der Waals surface area contributed by atoms with Crippen molar-refractivity contribution in [3.63, 3.8) is 0 Å². The van der Waals surface area contributed by atoms with E-state index in [0.717, 1.165) is 25.2 Å². The van der Waals surface area contributed by atoms with E-state index in [1.807, 2.05) is 6.20 Å². The van der Waals surface area contributed by atoms with E-state index < -0.39 is 0 Å². The molecular formula is C12H23N5OS. The zero-order chi connectivity index (χ0) is 14.3. The molecule has 19 heavy (non-hydrogen) atoms. The lowest BCUT2D eigenvalue weighted by Gasteiger charge is -2.06. The molecule has 1 amide bonds. The highest BCUT2D eigenvalue weighted by Gasteiger charge is 2.06. The van der Waals surface area contributed by atoms with E-state index in [9.17, 15) is 4.79 Å². The smallest absolute Gasteiger partial charge is 0.232 e. The number of amides is 1. The van der Waals surface area contributed by atoms with Crippen LogP contribution in [0.15, 0.2) is 6.20 Å². The van der Waals surface area contributed by atoms with Crippen molar-refractivity contribution < 1.29 is 4.79 Å². The fourth-order valence-corrected chi connectivity index (χ4v) is 1.53. The highest BCUT2D eigenvalue weighted by Crippen LogP contribution is 1.96. The molecule has 1 rings (SSSR count). The summed E-state index contributed by atoms with van der Waals surface area (Å²) >= 11 is 4.06. The van der Waals surface area contributed by atoms with Crippen LogP contribution in [-0.2, 0) is 17.9 Å². The van der Waals surface area contributed by atoms with Crippen LogP contribution >= 0.6 is 12.6 Å². The highest BCUT2D eigenvalue weighted by atomic mass is 32.1. The minimum atomic E-state index is -0.264. The molecule has 1 aromatic heterocycles. The number of rotatable bonds is 8. The van der Waals surface area contributed by atoms with Crippen molar-refractivity contribution in [2.45, 2.75) is 51.6 Å². The van der Waals surface area contributed by atoms with E-state index in [2.05, 4.69) is 47.4 Å². The number of thiol groups is 1. The summed E-state index contributed by atoms with van der Waals surface area (Å²) in [7, 11) is 0. The first-order chi connectivity index (χ1) is 8.99. The minimum Gasteiger partial charge on any atom is -0.355 e. The molecule has 7 heteroatoms. The van der Waals surface area contributed by atoms with Crippen molar-refractivity contribution in [3.8, 4) is 0 Å². The first-order valence-electron chi connectivity index (χ1n) is 6.57. The lowest BCUT2D eigenvalue weighted by molar-refractivity contribution is -0.120. The number of carbonyl (C=O) groups is 1. The number of aryl methyl sites for hydroxylation is 1. The maximum Gasteiger partial charge on any atom is 0.232 e. The second kappa shape index (κ2) is 8.16. The number of nitrogens with one attached hydrogen (secondary N) is 2. The zero-order valence-electron chi connectivity index (χ0n) is 11.8. The van der Waals surface area contributed by atoms with Gasteiger partial charge in [-0.05, 0) is 13.3 Å². The molecule has 0 fully saturated rings. The normalized spacial score (nSPS) is 12.7. The summed E-state index contributed by atoms with van der Waals surface area (Å²) in [6.45, 7) is 8.04. The van der Waals surface area contributed by atoms with Crippen LogP contribution in [0, 0.1) is 0 Å². The van der Waals surface area contributed by atoms with Crippen LogP contribution in [0.4, 0.5) is 0 Å². The van der Waals surface area contributed by atoms with Gasteiger partial charge in [0, 0.05) is 31.9 Å². The molecule has 0 radical (unpaired) electrons. The number of hydrogen-bond acceptors (Lipinski definition) is 5. The Morgan fingerprint density at radius 2 is 2.21 bits per heavy atom. The van der Waals surface area contributed by atoms with Crippen molar-refractivity contribution >= 4 is 18.5 Å². The van der Waals surface area contributed by atoms with Crippen molar-refractivity contribution in [1.82, 2.24) is 25.6 Å². The Labute approximate surface area is 119 Å². The molecule has 0 spiro atoms. The van der Waals surface area contributed by atoms with Gasteiger partial charge in [0.25, 0.3) is 0 Å². The molecule has 0 aromatic carbocycles. The topological polar surface area (TPSA) is 71.8 Å². The van der Waals surface area contributed by atoms with Gasteiger partial charge in [-0.3, -0.25) is 9.48 Å². The Kier molecular flexibility index (Phi) is 6.86. The Bertz CT molecular complexity index is 391. The summed E-state index contributed by atoms with van der Waals surface area (Å²) in [5.74, 6) is -0.0382. The molecule has 1 unspecified atom stereocenters. The first kappa shape index (κ1) is 16.0. The third kappa shape index (κ3) is 6.58. The predicted octanol–water partition coefficient (Wildman–Crippen LogP) is 0.601. The number of aromatic nitrogens is 3. The standard InChI is InChI=1S/C12H23N5OS/c1-9(2)14-7-11-8-17(16-15-11)6-4-5-13-12(18)10(3)19/h8-10,14,19H,4-7H2,1-3H3,(H,13,18). The van der Waals surface area contributed by atoms with Gasteiger partial charge in [0.2, 0.25) is 5.91 Å². The Morgan fingerprint density at radius 1 is 1.47 bits per heavy atom. The molecule has 0 aliphatic rings. The Morgan fingerprint density at radius 3 is 2.84 bits per heavy atom. The van der Waals surface area contributed by atoms with E-state index in [1.165, 1.54) is 0 Å². The minimum absolute atomic E-state index is 0.0382. The second-order valence-electron chi connectivity index (χ2n) is 4.83. The summed E-state index contributed by atoms with van der Waals surface area (Å²) in [5.41, 5.74) is 0.932. The molecule has 2 N–H and O–H groups in total. The van der Waals surface area contributed by atoms with Crippen molar-refractivity contribution in [2.24, 2.45) is 0 Å². The summed E-state index contributed by atoms with van der Waals surface area (Å²) in [6.07, 6.45) is 2.76.